The lowest BCUT2D eigenvalue weighted by Crippen LogP contribution is -2.50. The summed E-state index contributed by atoms with van der Waals surface area (Å²) in [5.74, 6) is -0.999. The maximum atomic E-state index is 12.2. The molecule has 8 nitrogen and oxygen atoms in total. The van der Waals surface area contributed by atoms with Crippen LogP contribution in [0.3, 0.4) is 0 Å². The number of hydrogen-bond donors (Lipinski definition) is 2. The van der Waals surface area contributed by atoms with Crippen molar-refractivity contribution in [2.24, 2.45) is 0 Å². The molecule has 0 saturated carbocycles. The normalized spacial score (nSPS) is 12.2. The highest BCUT2D eigenvalue weighted by atomic mass is 16.7. The molecular weight excluding hydrogens is 412 g/mol. The number of hydroxylamine groups is 1. The molecule has 0 saturated heterocycles. The summed E-state index contributed by atoms with van der Waals surface area (Å²) in [7, 11) is 0. The summed E-state index contributed by atoms with van der Waals surface area (Å²) in [4.78, 5) is 41.1. The number of hydrogen-bond acceptors (Lipinski definition) is 6. The lowest BCUT2D eigenvalue weighted by Gasteiger charge is -2.23. The third kappa shape index (κ3) is 18.9. The minimum absolute atomic E-state index is 0.267. The molecule has 1 unspecified atom stereocenters. The Morgan fingerprint density at radius 2 is 1.34 bits per heavy atom. The Balaban J connectivity index is 4.09. The zero-order valence-electron chi connectivity index (χ0n) is 20.9. The van der Waals surface area contributed by atoms with Crippen molar-refractivity contribution in [2.75, 3.05) is 13.2 Å². The first kappa shape index (κ1) is 30.2. The zero-order valence-corrected chi connectivity index (χ0v) is 20.9. The highest BCUT2D eigenvalue weighted by Crippen LogP contribution is 2.12. The summed E-state index contributed by atoms with van der Waals surface area (Å²) in [6.07, 6.45) is 12.7. The molecule has 0 aliphatic carbocycles. The van der Waals surface area contributed by atoms with Gasteiger partial charge in [-0.25, -0.2) is 10.3 Å². The van der Waals surface area contributed by atoms with Gasteiger partial charge >= 0.3 is 12.1 Å². The Kier molecular flexibility index (Phi) is 17.6. The fourth-order valence-corrected chi connectivity index (χ4v) is 3.03. The van der Waals surface area contributed by atoms with Crippen molar-refractivity contribution >= 4 is 18.0 Å². The molecule has 0 aromatic rings. The van der Waals surface area contributed by atoms with Crippen LogP contribution in [0.2, 0.25) is 0 Å². The van der Waals surface area contributed by atoms with Crippen molar-refractivity contribution in [3.63, 3.8) is 0 Å². The van der Waals surface area contributed by atoms with Crippen molar-refractivity contribution in [2.45, 2.75) is 123 Å². The summed E-state index contributed by atoms with van der Waals surface area (Å²) in [6.45, 7) is 9.08. The topological polar surface area (TPSA) is 103 Å². The quantitative estimate of drug-likeness (QED) is 0.166. The molecule has 2 amide bonds. The standard InChI is InChI=1S/C24H46N2O6/c1-6-8-9-10-11-12-13-14-15-16-17-18-21(27)30-19-20(22(28)26-31-7-2)25-23(29)32-24(3,4)5/h20H,6-19H2,1-5H3,(H,25,29)(H,26,28). The van der Waals surface area contributed by atoms with Gasteiger partial charge in [-0.3, -0.25) is 14.4 Å². The third-order valence-electron chi connectivity index (χ3n) is 4.72. The van der Waals surface area contributed by atoms with Gasteiger partial charge in [-0.15, -0.1) is 0 Å². The maximum Gasteiger partial charge on any atom is 0.408 e. The van der Waals surface area contributed by atoms with Gasteiger partial charge in [0.1, 0.15) is 18.2 Å². The average molecular weight is 459 g/mol. The minimum atomic E-state index is -1.10. The van der Waals surface area contributed by atoms with Crippen LogP contribution in [0, 0.1) is 0 Å². The number of unbranched alkanes of at least 4 members (excludes halogenated alkanes) is 10. The van der Waals surface area contributed by atoms with Gasteiger partial charge in [0.2, 0.25) is 0 Å². The number of amides is 2. The van der Waals surface area contributed by atoms with Gasteiger partial charge in [-0.1, -0.05) is 71.1 Å². The molecular formula is C24H46N2O6. The molecule has 0 aromatic heterocycles. The van der Waals surface area contributed by atoms with E-state index in [2.05, 4.69) is 17.7 Å². The van der Waals surface area contributed by atoms with E-state index < -0.39 is 23.6 Å². The molecule has 0 rings (SSSR count). The van der Waals surface area contributed by atoms with Crippen LogP contribution < -0.4 is 10.8 Å². The summed E-state index contributed by atoms with van der Waals surface area (Å²) in [6, 6.07) is -1.10. The summed E-state index contributed by atoms with van der Waals surface area (Å²) in [5.41, 5.74) is 1.50. The van der Waals surface area contributed by atoms with Crippen LogP contribution in [-0.4, -0.2) is 42.8 Å². The number of alkyl carbamates (subject to hydrolysis) is 1. The van der Waals surface area contributed by atoms with E-state index in [1.165, 1.54) is 51.4 Å². The number of nitrogens with one attached hydrogen (secondary N) is 2. The van der Waals surface area contributed by atoms with Crippen molar-refractivity contribution in [3.8, 4) is 0 Å². The van der Waals surface area contributed by atoms with E-state index >= 15 is 0 Å². The largest absolute Gasteiger partial charge is 0.463 e. The van der Waals surface area contributed by atoms with E-state index in [1.54, 1.807) is 27.7 Å². The lowest BCUT2D eigenvalue weighted by molar-refractivity contribution is -0.147. The fraction of sp³-hybridized carbons (Fsp3) is 0.875. The Morgan fingerprint density at radius 1 is 0.812 bits per heavy atom. The Bertz CT molecular complexity index is 519. The molecule has 1 atom stereocenters. The SMILES string of the molecule is CCCCCCCCCCCCCC(=O)OCC(NC(=O)OC(C)(C)C)C(=O)NOCC. The highest BCUT2D eigenvalue weighted by Gasteiger charge is 2.26. The fourth-order valence-electron chi connectivity index (χ4n) is 3.03. The molecule has 0 spiro atoms. The van der Waals surface area contributed by atoms with Gasteiger partial charge in [0.05, 0.1) is 6.61 Å². The smallest absolute Gasteiger partial charge is 0.408 e. The van der Waals surface area contributed by atoms with Gasteiger partial charge in [0.25, 0.3) is 5.91 Å². The molecule has 188 valence electrons. The van der Waals surface area contributed by atoms with Crippen molar-refractivity contribution in [3.05, 3.63) is 0 Å². The molecule has 8 heteroatoms. The maximum absolute atomic E-state index is 12.2. The van der Waals surface area contributed by atoms with E-state index in [-0.39, 0.29) is 19.2 Å². The van der Waals surface area contributed by atoms with Crippen LogP contribution in [0.15, 0.2) is 0 Å². The summed E-state index contributed by atoms with van der Waals surface area (Å²) < 4.78 is 10.4. The molecule has 0 fully saturated rings. The van der Waals surface area contributed by atoms with Gasteiger partial charge < -0.3 is 14.8 Å². The number of carbonyl (C=O) groups excluding carboxylic acids is 3. The highest BCUT2D eigenvalue weighted by molar-refractivity contribution is 5.85. The lowest BCUT2D eigenvalue weighted by atomic mass is 10.1. The molecule has 2 N–H and O–H groups in total. The minimum Gasteiger partial charge on any atom is -0.463 e. The Labute approximate surface area is 194 Å². The van der Waals surface area contributed by atoms with Crippen LogP contribution in [0.25, 0.3) is 0 Å². The van der Waals surface area contributed by atoms with Gasteiger partial charge in [-0.2, -0.15) is 0 Å². The van der Waals surface area contributed by atoms with Crippen LogP contribution in [0.5, 0.6) is 0 Å². The van der Waals surface area contributed by atoms with Crippen LogP contribution >= 0.6 is 0 Å². The first-order valence-corrected chi connectivity index (χ1v) is 12.3. The molecule has 0 heterocycles. The average Bonchev–Trinajstić information content (AvgIpc) is 2.71. The predicted octanol–water partition coefficient (Wildman–Crippen LogP) is 5.19. The number of carbonyl (C=O) groups is 3. The summed E-state index contributed by atoms with van der Waals surface area (Å²) >= 11 is 0. The van der Waals surface area contributed by atoms with E-state index in [9.17, 15) is 14.4 Å². The molecule has 32 heavy (non-hydrogen) atoms. The number of rotatable bonds is 18. The second-order valence-corrected chi connectivity index (χ2v) is 9.07. The first-order chi connectivity index (χ1) is 15.2. The molecule has 0 aliphatic rings. The first-order valence-electron chi connectivity index (χ1n) is 12.3. The third-order valence-corrected chi connectivity index (χ3v) is 4.72. The monoisotopic (exact) mass is 458 g/mol. The Morgan fingerprint density at radius 3 is 1.84 bits per heavy atom. The van der Waals surface area contributed by atoms with Gasteiger partial charge in [0.15, 0.2) is 0 Å². The molecule has 0 bridgehead atoms. The number of esters is 1. The second-order valence-electron chi connectivity index (χ2n) is 9.07. The number of ether oxygens (including phenoxy) is 2. The molecule has 0 aliphatic heterocycles. The van der Waals surface area contributed by atoms with E-state index in [0.717, 1.165) is 19.3 Å². The van der Waals surface area contributed by atoms with Gasteiger partial charge in [-0.05, 0) is 34.1 Å². The second kappa shape index (κ2) is 18.7. The zero-order chi connectivity index (χ0) is 24.2. The molecule has 0 aromatic carbocycles. The predicted molar refractivity (Wildman–Crippen MR) is 125 cm³/mol. The van der Waals surface area contributed by atoms with E-state index in [0.29, 0.717) is 6.42 Å². The Hall–Kier alpha value is -1.83. The van der Waals surface area contributed by atoms with Crippen LogP contribution in [0.1, 0.15) is 112 Å². The van der Waals surface area contributed by atoms with Crippen LogP contribution in [-0.2, 0) is 23.9 Å². The van der Waals surface area contributed by atoms with E-state index in [1.807, 2.05) is 0 Å². The molecule has 0 radical (unpaired) electrons. The van der Waals surface area contributed by atoms with Crippen molar-refractivity contribution in [1.82, 2.24) is 10.8 Å². The summed E-state index contributed by atoms with van der Waals surface area (Å²) in [5, 5.41) is 2.42. The van der Waals surface area contributed by atoms with Crippen LogP contribution in [0.4, 0.5) is 4.79 Å². The van der Waals surface area contributed by atoms with Crippen molar-refractivity contribution in [1.29, 1.82) is 0 Å². The van der Waals surface area contributed by atoms with Gasteiger partial charge in [0, 0.05) is 6.42 Å². The van der Waals surface area contributed by atoms with Crippen molar-refractivity contribution < 1.29 is 28.7 Å². The van der Waals surface area contributed by atoms with E-state index in [4.69, 9.17) is 14.3 Å².